The highest BCUT2D eigenvalue weighted by atomic mass is 16.5. The van der Waals surface area contributed by atoms with E-state index < -0.39 is 12.0 Å². The van der Waals surface area contributed by atoms with Crippen molar-refractivity contribution in [2.24, 2.45) is 5.18 Å². The molecular weight excluding hydrogens is 198 g/mol. The Morgan fingerprint density at radius 3 is 2.47 bits per heavy atom. The summed E-state index contributed by atoms with van der Waals surface area (Å²) in [6.45, 7) is 0. The minimum atomic E-state index is -1.22. The van der Waals surface area contributed by atoms with Crippen molar-refractivity contribution in [2.75, 3.05) is 7.11 Å². The van der Waals surface area contributed by atoms with Gasteiger partial charge in [0.15, 0.2) is 6.04 Å². The fourth-order valence-corrected chi connectivity index (χ4v) is 1.15. The zero-order valence-corrected chi connectivity index (χ0v) is 8.21. The Balaban J connectivity index is 2.71. The second kappa shape index (κ2) is 5.09. The minimum absolute atomic E-state index is 0.100. The van der Waals surface area contributed by atoms with Crippen LogP contribution in [0, 0.1) is 4.91 Å². The molecule has 80 valence electrons. The maximum atomic E-state index is 10.5. The molecule has 0 aromatic heterocycles. The zero-order chi connectivity index (χ0) is 11.3. The number of methoxy groups -OCH3 is 1. The monoisotopic (exact) mass is 209 g/mol. The summed E-state index contributed by atoms with van der Waals surface area (Å²) in [6, 6.07) is 5.61. The number of nitroso groups, excluding NO2 is 1. The molecule has 0 spiro atoms. The van der Waals surface area contributed by atoms with Crippen LogP contribution in [0.2, 0.25) is 0 Å². The number of hydrogen-bond acceptors (Lipinski definition) is 4. The van der Waals surface area contributed by atoms with Crippen LogP contribution in [0.5, 0.6) is 5.75 Å². The van der Waals surface area contributed by atoms with E-state index >= 15 is 0 Å². The van der Waals surface area contributed by atoms with Gasteiger partial charge in [-0.25, -0.2) is 4.79 Å². The largest absolute Gasteiger partial charge is 0.497 e. The van der Waals surface area contributed by atoms with E-state index in [1.165, 1.54) is 0 Å². The van der Waals surface area contributed by atoms with Gasteiger partial charge in [-0.3, -0.25) is 0 Å². The molecule has 0 heterocycles. The van der Waals surface area contributed by atoms with Gasteiger partial charge >= 0.3 is 5.97 Å². The number of hydrogen-bond donors (Lipinski definition) is 1. The molecule has 0 aliphatic rings. The minimum Gasteiger partial charge on any atom is -0.497 e. The Morgan fingerprint density at radius 1 is 1.47 bits per heavy atom. The Morgan fingerprint density at radius 2 is 2.07 bits per heavy atom. The van der Waals surface area contributed by atoms with E-state index in [0.717, 1.165) is 5.56 Å². The van der Waals surface area contributed by atoms with E-state index in [-0.39, 0.29) is 6.42 Å². The summed E-state index contributed by atoms with van der Waals surface area (Å²) in [4.78, 5) is 20.8. The number of carboxylic acids is 1. The van der Waals surface area contributed by atoms with E-state index in [1.54, 1.807) is 31.4 Å². The van der Waals surface area contributed by atoms with Gasteiger partial charge in [-0.15, -0.1) is 4.91 Å². The van der Waals surface area contributed by atoms with Crippen molar-refractivity contribution in [2.45, 2.75) is 12.5 Å². The number of carbonyl (C=O) groups is 1. The molecule has 1 aromatic carbocycles. The van der Waals surface area contributed by atoms with Gasteiger partial charge in [-0.2, -0.15) is 0 Å². The van der Waals surface area contributed by atoms with E-state index in [4.69, 9.17) is 9.84 Å². The normalized spacial score (nSPS) is 11.8. The second-order valence-electron chi connectivity index (χ2n) is 3.01. The van der Waals surface area contributed by atoms with Crippen molar-refractivity contribution in [3.8, 4) is 5.75 Å². The Bertz CT molecular complexity index is 347. The number of carboxylic acid groups (broad SMARTS) is 1. The molecule has 1 N–H and O–H groups in total. The highest BCUT2D eigenvalue weighted by Crippen LogP contribution is 2.13. The van der Waals surface area contributed by atoms with Crippen LogP contribution < -0.4 is 4.74 Å². The smallest absolute Gasteiger partial charge is 0.332 e. The molecule has 1 unspecified atom stereocenters. The molecular formula is C10H11NO4. The van der Waals surface area contributed by atoms with E-state index in [1.807, 2.05) is 0 Å². The summed E-state index contributed by atoms with van der Waals surface area (Å²) < 4.78 is 4.95. The van der Waals surface area contributed by atoms with Crippen LogP contribution in [0.15, 0.2) is 29.4 Å². The Labute approximate surface area is 86.7 Å². The van der Waals surface area contributed by atoms with Gasteiger partial charge in [0.2, 0.25) is 0 Å². The van der Waals surface area contributed by atoms with Gasteiger partial charge in [0.1, 0.15) is 5.75 Å². The third-order valence-electron chi connectivity index (χ3n) is 2.00. The van der Waals surface area contributed by atoms with Crippen LogP contribution >= 0.6 is 0 Å². The maximum Gasteiger partial charge on any atom is 0.332 e. The third-order valence-corrected chi connectivity index (χ3v) is 2.00. The molecule has 0 bridgehead atoms. The predicted molar refractivity (Wildman–Crippen MR) is 53.9 cm³/mol. The standard InChI is InChI=1S/C10H11NO4/c1-15-8-4-2-7(3-5-8)6-9(11-14)10(12)13/h2-5,9H,6H2,1H3,(H,12,13). The van der Waals surface area contributed by atoms with Gasteiger partial charge in [0.25, 0.3) is 0 Å². The number of aliphatic carboxylic acids is 1. The topological polar surface area (TPSA) is 76.0 Å². The predicted octanol–water partition coefficient (Wildman–Crippen LogP) is 1.46. The number of benzene rings is 1. The van der Waals surface area contributed by atoms with Crippen molar-refractivity contribution < 1.29 is 14.6 Å². The first-order valence-corrected chi connectivity index (χ1v) is 4.35. The summed E-state index contributed by atoms with van der Waals surface area (Å²) in [5, 5.41) is 11.2. The number of rotatable bonds is 5. The van der Waals surface area contributed by atoms with Gasteiger partial charge < -0.3 is 9.84 Å². The summed E-state index contributed by atoms with van der Waals surface area (Å²) in [6.07, 6.45) is 0.100. The first kappa shape index (κ1) is 11.2. The SMILES string of the molecule is COc1ccc(CC(N=O)C(=O)O)cc1. The zero-order valence-electron chi connectivity index (χ0n) is 8.21. The molecule has 0 saturated carbocycles. The van der Waals surface area contributed by atoms with Gasteiger partial charge in [-0.05, 0) is 17.7 Å². The molecule has 0 saturated heterocycles. The molecule has 0 amide bonds. The maximum absolute atomic E-state index is 10.5. The summed E-state index contributed by atoms with van der Waals surface area (Å²) >= 11 is 0. The van der Waals surface area contributed by atoms with Crippen molar-refractivity contribution in [1.82, 2.24) is 0 Å². The lowest BCUT2D eigenvalue weighted by Crippen LogP contribution is -2.19. The van der Waals surface area contributed by atoms with Crippen molar-refractivity contribution in [3.63, 3.8) is 0 Å². The van der Waals surface area contributed by atoms with E-state index in [9.17, 15) is 9.70 Å². The van der Waals surface area contributed by atoms with E-state index in [0.29, 0.717) is 5.75 Å². The highest BCUT2D eigenvalue weighted by molar-refractivity contribution is 5.74. The molecule has 1 atom stereocenters. The molecule has 15 heavy (non-hydrogen) atoms. The van der Waals surface area contributed by atoms with Crippen LogP contribution in [-0.2, 0) is 11.2 Å². The van der Waals surface area contributed by atoms with Gasteiger partial charge in [0.05, 0.1) is 7.11 Å². The van der Waals surface area contributed by atoms with Crippen LogP contribution in [0.25, 0.3) is 0 Å². The highest BCUT2D eigenvalue weighted by Gasteiger charge is 2.18. The first-order valence-electron chi connectivity index (χ1n) is 4.35. The van der Waals surface area contributed by atoms with Crippen molar-refractivity contribution >= 4 is 5.97 Å². The van der Waals surface area contributed by atoms with Gasteiger partial charge in [0, 0.05) is 6.42 Å². The second-order valence-corrected chi connectivity index (χ2v) is 3.01. The molecule has 5 nitrogen and oxygen atoms in total. The average Bonchev–Trinajstić information content (AvgIpc) is 2.26. The van der Waals surface area contributed by atoms with Gasteiger partial charge in [-0.1, -0.05) is 17.3 Å². The molecule has 0 radical (unpaired) electrons. The van der Waals surface area contributed by atoms with E-state index in [2.05, 4.69) is 5.18 Å². The fourth-order valence-electron chi connectivity index (χ4n) is 1.15. The lowest BCUT2D eigenvalue weighted by atomic mass is 10.1. The quantitative estimate of drug-likeness (QED) is 0.745. The van der Waals surface area contributed by atoms with Crippen molar-refractivity contribution in [1.29, 1.82) is 0 Å². The third kappa shape index (κ3) is 3.05. The number of nitrogens with zero attached hydrogens (tertiary/aromatic N) is 1. The van der Waals surface area contributed by atoms with Crippen LogP contribution in [-0.4, -0.2) is 24.2 Å². The molecule has 0 aliphatic heterocycles. The molecule has 5 heteroatoms. The lowest BCUT2D eigenvalue weighted by Gasteiger charge is -2.05. The van der Waals surface area contributed by atoms with Crippen LogP contribution in [0.3, 0.4) is 0 Å². The molecule has 0 fully saturated rings. The summed E-state index contributed by atoms with van der Waals surface area (Å²) in [5.41, 5.74) is 0.739. The molecule has 1 aromatic rings. The van der Waals surface area contributed by atoms with Crippen LogP contribution in [0.1, 0.15) is 5.56 Å². The first-order chi connectivity index (χ1) is 7.17. The molecule has 1 rings (SSSR count). The Kier molecular flexibility index (Phi) is 3.79. The lowest BCUT2D eigenvalue weighted by molar-refractivity contribution is -0.138. The fraction of sp³-hybridized carbons (Fsp3) is 0.300. The summed E-state index contributed by atoms with van der Waals surface area (Å²) in [5.74, 6) is -0.523. The van der Waals surface area contributed by atoms with Crippen molar-refractivity contribution in [3.05, 3.63) is 34.7 Å². The summed E-state index contributed by atoms with van der Waals surface area (Å²) in [7, 11) is 1.54. The Hall–Kier alpha value is -1.91. The van der Waals surface area contributed by atoms with Crippen LogP contribution in [0.4, 0.5) is 0 Å². The molecule has 0 aliphatic carbocycles. The average molecular weight is 209 g/mol. The number of ether oxygens (including phenoxy) is 1.